The number of hydrogen-bond donors (Lipinski definition) is 3. The summed E-state index contributed by atoms with van der Waals surface area (Å²) in [7, 11) is 0. The van der Waals surface area contributed by atoms with Crippen LogP contribution in [-0.2, 0) is 4.79 Å². The minimum absolute atomic E-state index is 0.0809. The van der Waals surface area contributed by atoms with E-state index in [4.69, 9.17) is 0 Å². The second-order valence-corrected chi connectivity index (χ2v) is 5.62. The molecule has 0 aliphatic heterocycles. The summed E-state index contributed by atoms with van der Waals surface area (Å²) in [6.07, 6.45) is 0. The van der Waals surface area contributed by atoms with Crippen LogP contribution in [0.3, 0.4) is 0 Å². The first kappa shape index (κ1) is 16.5. The number of anilines is 1. The molecule has 0 aromatic heterocycles. The van der Waals surface area contributed by atoms with Crippen molar-refractivity contribution in [2.75, 3.05) is 5.32 Å². The number of nitrogens with zero attached hydrogens (tertiary/aromatic N) is 1. The van der Waals surface area contributed by atoms with E-state index in [0.717, 1.165) is 11.1 Å². The maximum absolute atomic E-state index is 12.6. The number of aromatic hydroxyl groups is 1. The zero-order valence-corrected chi connectivity index (χ0v) is 13.6. The van der Waals surface area contributed by atoms with Crippen molar-refractivity contribution in [1.29, 1.82) is 0 Å². The molecule has 3 N–H and O–H groups in total. The van der Waals surface area contributed by atoms with Crippen LogP contribution in [0, 0.1) is 27.7 Å². The van der Waals surface area contributed by atoms with Gasteiger partial charge in [0.05, 0.1) is 0 Å². The maximum Gasteiger partial charge on any atom is 0.278 e. The van der Waals surface area contributed by atoms with Crippen molar-refractivity contribution in [3.63, 3.8) is 0 Å². The van der Waals surface area contributed by atoms with Gasteiger partial charge in [-0.2, -0.15) is 0 Å². The number of oxime groups is 1. The van der Waals surface area contributed by atoms with Gasteiger partial charge < -0.3 is 15.6 Å². The van der Waals surface area contributed by atoms with Crippen molar-refractivity contribution in [1.82, 2.24) is 0 Å². The topological polar surface area (TPSA) is 81.9 Å². The Morgan fingerprint density at radius 2 is 1.52 bits per heavy atom. The molecule has 0 aliphatic rings. The van der Waals surface area contributed by atoms with Crippen LogP contribution < -0.4 is 5.32 Å². The summed E-state index contributed by atoms with van der Waals surface area (Å²) in [5.74, 6) is -0.391. The van der Waals surface area contributed by atoms with E-state index in [0.29, 0.717) is 22.4 Å². The molecule has 23 heavy (non-hydrogen) atoms. The number of para-hydroxylation sites is 1. The predicted molar refractivity (Wildman–Crippen MR) is 90.5 cm³/mol. The highest BCUT2D eigenvalue weighted by atomic mass is 16.4. The van der Waals surface area contributed by atoms with E-state index in [1.807, 2.05) is 32.0 Å². The number of carbonyl (C=O) groups is 1. The minimum atomic E-state index is -0.498. The second-order valence-electron chi connectivity index (χ2n) is 5.62. The van der Waals surface area contributed by atoms with Gasteiger partial charge in [-0.1, -0.05) is 23.4 Å². The first-order valence-electron chi connectivity index (χ1n) is 7.25. The fourth-order valence-electron chi connectivity index (χ4n) is 2.71. The van der Waals surface area contributed by atoms with Crippen molar-refractivity contribution in [3.8, 4) is 5.75 Å². The minimum Gasteiger partial charge on any atom is -0.508 e. The Hall–Kier alpha value is -2.82. The highest BCUT2D eigenvalue weighted by molar-refractivity contribution is 6.49. The highest BCUT2D eigenvalue weighted by Gasteiger charge is 2.21. The lowest BCUT2D eigenvalue weighted by atomic mass is 9.97. The van der Waals surface area contributed by atoms with Gasteiger partial charge in [-0.05, 0) is 62.1 Å². The van der Waals surface area contributed by atoms with Crippen LogP contribution in [0.15, 0.2) is 35.5 Å². The monoisotopic (exact) mass is 312 g/mol. The van der Waals surface area contributed by atoms with Crippen LogP contribution in [-0.4, -0.2) is 21.9 Å². The molecule has 5 nitrogen and oxygen atoms in total. The molecule has 120 valence electrons. The molecule has 0 unspecified atom stereocenters. The zero-order chi connectivity index (χ0) is 17.1. The van der Waals surface area contributed by atoms with Gasteiger partial charge in [0.1, 0.15) is 5.75 Å². The van der Waals surface area contributed by atoms with E-state index in [1.165, 1.54) is 12.1 Å². The lowest BCUT2D eigenvalue weighted by Crippen LogP contribution is -2.26. The van der Waals surface area contributed by atoms with Crippen molar-refractivity contribution >= 4 is 17.3 Å². The quantitative estimate of drug-likeness (QED) is 0.461. The molecule has 2 rings (SSSR count). The first-order chi connectivity index (χ1) is 10.8. The molecule has 0 saturated carbocycles. The highest BCUT2D eigenvalue weighted by Crippen LogP contribution is 2.23. The average Bonchev–Trinajstić information content (AvgIpc) is 2.46. The number of aryl methyl sites for hydroxylation is 4. The summed E-state index contributed by atoms with van der Waals surface area (Å²) in [6.45, 7) is 7.30. The van der Waals surface area contributed by atoms with Gasteiger partial charge in [-0.15, -0.1) is 0 Å². The van der Waals surface area contributed by atoms with Gasteiger partial charge in [0.25, 0.3) is 5.91 Å². The third-order valence-electron chi connectivity index (χ3n) is 3.79. The van der Waals surface area contributed by atoms with Gasteiger partial charge in [0, 0.05) is 11.3 Å². The number of nitrogens with one attached hydrogen (secondary N) is 1. The van der Waals surface area contributed by atoms with Crippen molar-refractivity contribution < 1.29 is 15.1 Å². The Morgan fingerprint density at radius 3 is 2.00 bits per heavy atom. The Labute approximate surface area is 135 Å². The molecule has 0 aliphatic carbocycles. The Morgan fingerprint density at radius 1 is 1.00 bits per heavy atom. The zero-order valence-electron chi connectivity index (χ0n) is 13.6. The van der Waals surface area contributed by atoms with Crippen LogP contribution in [0.25, 0.3) is 0 Å². The predicted octanol–water partition coefficient (Wildman–Crippen LogP) is 3.44. The molecule has 0 spiro atoms. The molecular weight excluding hydrogens is 292 g/mol. The van der Waals surface area contributed by atoms with Gasteiger partial charge in [0.15, 0.2) is 5.71 Å². The number of amides is 1. The molecule has 0 bridgehead atoms. The molecule has 0 saturated heterocycles. The Balaban J connectivity index is 2.42. The van der Waals surface area contributed by atoms with Crippen molar-refractivity contribution in [2.24, 2.45) is 5.16 Å². The summed E-state index contributed by atoms with van der Waals surface area (Å²) in [5, 5.41) is 25.0. The van der Waals surface area contributed by atoms with Gasteiger partial charge >= 0.3 is 0 Å². The molecule has 0 fully saturated rings. The van der Waals surface area contributed by atoms with Gasteiger partial charge in [0.2, 0.25) is 0 Å². The summed E-state index contributed by atoms with van der Waals surface area (Å²) in [6, 6.07) is 8.76. The van der Waals surface area contributed by atoms with Gasteiger partial charge in [-0.3, -0.25) is 4.79 Å². The first-order valence-corrected chi connectivity index (χ1v) is 7.25. The van der Waals surface area contributed by atoms with Crippen molar-refractivity contribution in [3.05, 3.63) is 58.1 Å². The number of rotatable bonds is 3. The number of phenols is 1. The average molecular weight is 312 g/mol. The molecule has 1 amide bonds. The molecule has 0 atom stereocenters. The summed E-state index contributed by atoms with van der Waals surface area (Å²) in [5.41, 5.74) is 4.30. The largest absolute Gasteiger partial charge is 0.508 e. The number of carbonyl (C=O) groups excluding carboxylic acids is 1. The molecule has 2 aromatic carbocycles. The van der Waals surface area contributed by atoms with Crippen LogP contribution >= 0.6 is 0 Å². The van der Waals surface area contributed by atoms with Crippen LogP contribution in [0.4, 0.5) is 5.69 Å². The van der Waals surface area contributed by atoms with E-state index < -0.39 is 5.91 Å². The van der Waals surface area contributed by atoms with E-state index in [-0.39, 0.29) is 11.5 Å². The normalized spacial score (nSPS) is 11.4. The summed E-state index contributed by atoms with van der Waals surface area (Å²) < 4.78 is 0. The van der Waals surface area contributed by atoms with E-state index in [2.05, 4.69) is 10.5 Å². The smallest absolute Gasteiger partial charge is 0.278 e. The Kier molecular flexibility index (Phi) is 4.69. The maximum atomic E-state index is 12.6. The summed E-state index contributed by atoms with van der Waals surface area (Å²) in [4.78, 5) is 12.6. The third-order valence-corrected chi connectivity index (χ3v) is 3.79. The lowest BCUT2D eigenvalue weighted by Gasteiger charge is -2.14. The molecule has 2 aromatic rings. The van der Waals surface area contributed by atoms with Crippen LogP contribution in [0.5, 0.6) is 5.75 Å². The summed E-state index contributed by atoms with van der Waals surface area (Å²) >= 11 is 0. The molecule has 0 heterocycles. The van der Waals surface area contributed by atoms with E-state index >= 15 is 0 Å². The van der Waals surface area contributed by atoms with Crippen LogP contribution in [0.2, 0.25) is 0 Å². The van der Waals surface area contributed by atoms with Crippen molar-refractivity contribution in [2.45, 2.75) is 27.7 Å². The third kappa shape index (κ3) is 3.34. The van der Waals surface area contributed by atoms with Gasteiger partial charge in [-0.25, -0.2) is 0 Å². The van der Waals surface area contributed by atoms with E-state index in [1.54, 1.807) is 13.8 Å². The second kappa shape index (κ2) is 6.52. The molecule has 0 radical (unpaired) electrons. The fourth-order valence-corrected chi connectivity index (χ4v) is 2.71. The van der Waals surface area contributed by atoms with Crippen LogP contribution in [0.1, 0.15) is 27.8 Å². The molecular formula is C18H20N2O3. The standard InChI is InChI=1S/C18H20N2O3/c1-10-6-5-7-11(2)16(10)19-18(22)17(20-23)15-12(3)8-14(21)9-13(15)4/h5-9,21,23H,1-4H3,(H,19,22)/b20-17-. The molecule has 5 heteroatoms. The fraction of sp³-hybridized carbons (Fsp3) is 0.222. The Bertz CT molecular complexity index is 752. The number of phenolic OH excluding ortho intramolecular Hbond substituents is 1. The number of benzene rings is 2. The van der Waals surface area contributed by atoms with E-state index in [9.17, 15) is 15.1 Å². The lowest BCUT2D eigenvalue weighted by molar-refractivity contribution is -0.110. The number of hydrogen-bond acceptors (Lipinski definition) is 4. The SMILES string of the molecule is Cc1cccc(C)c1NC(=O)/C(=N\O)c1c(C)cc(O)cc1C.